The molecule has 0 radical (unpaired) electrons. The lowest BCUT2D eigenvalue weighted by molar-refractivity contribution is 1.21. The second kappa shape index (κ2) is 26.8. The van der Waals surface area contributed by atoms with Gasteiger partial charge in [0.25, 0.3) is 13.4 Å². The first-order valence-electron chi connectivity index (χ1n) is 37.4. The number of hydrogen-bond donors (Lipinski definition) is 0. The van der Waals surface area contributed by atoms with E-state index in [9.17, 15) is 0 Å². The number of anilines is 18. The van der Waals surface area contributed by atoms with Gasteiger partial charge in [-0.05, 0) is 197 Å². The molecule has 4 aliphatic heterocycles. The first-order chi connectivity index (χ1) is 54.7. The fraction of sp³-hybridized carbons (Fsp3) is 0. The molecule has 8 heterocycles. The molecule has 0 bridgehead atoms. The van der Waals surface area contributed by atoms with Crippen molar-refractivity contribution in [3.63, 3.8) is 0 Å². The normalized spacial score (nSPS) is 12.6. The fourth-order valence-corrected chi connectivity index (χ4v) is 17.5. The molecule has 0 atom stereocenters. The lowest BCUT2D eigenvalue weighted by atomic mass is 9.30. The van der Waals surface area contributed by atoms with E-state index in [1.807, 2.05) is 49.1 Å². The van der Waals surface area contributed by atoms with Crippen LogP contribution < -0.4 is 62.2 Å². The van der Waals surface area contributed by atoms with Crippen molar-refractivity contribution >= 4 is 149 Å². The monoisotopic (exact) mass is 1400 g/mol. The average molecular weight is 1410 g/mol. The Labute approximate surface area is 639 Å². The molecule has 0 aliphatic carbocycles. The lowest BCUT2D eigenvalue weighted by Gasteiger charge is -2.48. The minimum absolute atomic E-state index is 0.289. The third-order valence-corrected chi connectivity index (χ3v) is 22.0. The number of aromatic nitrogens is 4. The molecule has 0 fully saturated rings. The quantitative estimate of drug-likeness (QED) is 0.0983. The number of para-hydroxylation sites is 10. The lowest BCUT2D eigenvalue weighted by Crippen LogP contribution is -2.65. The molecule has 0 spiro atoms. The highest BCUT2D eigenvalue weighted by Crippen LogP contribution is 2.55. The van der Waals surface area contributed by atoms with Gasteiger partial charge in [0.1, 0.15) is 0 Å². The van der Waals surface area contributed by atoms with Gasteiger partial charge in [-0.1, -0.05) is 212 Å². The van der Waals surface area contributed by atoms with E-state index in [-0.39, 0.29) is 13.4 Å². The van der Waals surface area contributed by atoms with Crippen LogP contribution in [0.2, 0.25) is 0 Å². The molecule has 0 saturated heterocycles. The summed E-state index contributed by atoms with van der Waals surface area (Å²) in [7, 11) is 0. The Kier molecular flexibility index (Phi) is 15.5. The van der Waals surface area contributed by atoms with Gasteiger partial charge in [-0.25, -0.2) is 0 Å². The summed E-state index contributed by atoms with van der Waals surface area (Å²) in [6.07, 6.45) is 7.59. The van der Waals surface area contributed by atoms with Crippen LogP contribution in [0.15, 0.2) is 401 Å². The Morgan fingerprint density at radius 3 is 0.927 bits per heavy atom. The summed E-state index contributed by atoms with van der Waals surface area (Å²) >= 11 is 0. The molecule has 12 heteroatoms. The van der Waals surface area contributed by atoms with E-state index >= 15 is 0 Å². The summed E-state index contributed by atoms with van der Waals surface area (Å²) in [6.45, 7) is -0.627. The second-order valence-corrected chi connectivity index (χ2v) is 28.0. The van der Waals surface area contributed by atoms with Crippen molar-refractivity contribution in [2.75, 3.05) is 29.4 Å². The smallest absolute Gasteiger partial charge is 0.252 e. The average Bonchev–Trinajstić information content (AvgIpc) is 0.679. The van der Waals surface area contributed by atoms with Crippen molar-refractivity contribution < 1.29 is 0 Å². The van der Waals surface area contributed by atoms with Crippen molar-refractivity contribution in [3.05, 3.63) is 401 Å². The van der Waals surface area contributed by atoms with Gasteiger partial charge >= 0.3 is 0 Å². The molecule has 4 aliphatic rings. The summed E-state index contributed by atoms with van der Waals surface area (Å²) in [5.41, 5.74) is 32.8. The summed E-state index contributed by atoms with van der Waals surface area (Å²) in [6, 6.07) is 137. The van der Waals surface area contributed by atoms with Gasteiger partial charge in [0.15, 0.2) is 0 Å². The summed E-state index contributed by atoms with van der Waals surface area (Å²) < 4.78 is 0. The molecule has 0 unspecified atom stereocenters. The minimum Gasteiger partial charge on any atom is -0.311 e. The first kappa shape index (κ1) is 63.8. The van der Waals surface area contributed by atoms with Crippen molar-refractivity contribution in [2.24, 2.45) is 0 Å². The standard InChI is InChI=1S/C98H66B2N10/c1-5-33-67(34-6-1)105(68-35-7-2-8-36-68)71-61-93-97-95(62-71)109(87-53-21-15-43-75(87)83-49-27-31-59-103-83)91-66-92-80(65-79(91)99(97)77-45-17-23-55-89(77)107(93)70-39-11-4-12-40-70)100-78-46-18-24-56-90(78)108(86-52-20-14-42-74(86)82-48-26-30-58-102-82)94-63-72(64-96(98(94)100)110(92)88-54-22-16-44-76(88)84-50-28-32-60-104-84)106(69-37-9-3-10-38-69)85-51-19-13-41-73(85)81-47-25-29-57-101-81/h1-66H. The van der Waals surface area contributed by atoms with Gasteiger partial charge in [0.05, 0.1) is 56.9 Å². The Balaban J connectivity index is 0.924. The van der Waals surface area contributed by atoms with Crippen molar-refractivity contribution in [1.29, 1.82) is 0 Å². The Morgan fingerprint density at radius 2 is 0.509 bits per heavy atom. The summed E-state index contributed by atoms with van der Waals surface area (Å²) in [5.74, 6) is 0. The second-order valence-electron chi connectivity index (χ2n) is 28.0. The fourth-order valence-electron chi connectivity index (χ4n) is 17.5. The SMILES string of the molecule is c1ccc(N(c2ccccc2)c2cc3c4c(c2)N(c2ccccc2-c2ccccn2)c2cc5c(cc2B4c2ccccc2N3c2ccccc2)B2c3ccccc3N(c3ccccc3-c3ccccn3)c3cc(N(c4ccccc4)c4ccccc4-c4ccccn4)cc(c32)N5c2ccccc2-c2ccccn2)cc1. The molecule has 0 saturated carbocycles. The Bertz CT molecular complexity index is 6310. The molecule has 0 amide bonds. The highest BCUT2D eigenvalue weighted by atomic mass is 15.2. The molecular formula is C98H66B2N10. The van der Waals surface area contributed by atoms with Crippen molar-refractivity contribution in [1.82, 2.24) is 19.9 Å². The number of rotatable bonds is 14. The maximum atomic E-state index is 5.22. The molecule has 21 rings (SSSR count). The van der Waals surface area contributed by atoms with E-state index in [0.29, 0.717) is 0 Å². The van der Waals surface area contributed by atoms with Gasteiger partial charge in [-0.15, -0.1) is 0 Å². The molecule has 110 heavy (non-hydrogen) atoms. The zero-order valence-corrected chi connectivity index (χ0v) is 59.7. The highest BCUT2D eigenvalue weighted by molar-refractivity contribution is 7.03. The first-order valence-corrected chi connectivity index (χ1v) is 37.4. The maximum absolute atomic E-state index is 5.22. The van der Waals surface area contributed by atoms with Crippen LogP contribution in [0.25, 0.3) is 45.0 Å². The number of benzene rings is 13. The molecule has 514 valence electrons. The number of pyridine rings is 4. The van der Waals surface area contributed by atoms with Crippen molar-refractivity contribution in [3.8, 4) is 45.0 Å². The van der Waals surface area contributed by atoms with Crippen LogP contribution in [0, 0.1) is 0 Å². The zero-order valence-electron chi connectivity index (χ0n) is 59.7. The van der Waals surface area contributed by atoms with Gasteiger partial charge in [0.2, 0.25) is 0 Å². The van der Waals surface area contributed by atoms with Crippen LogP contribution in [0.4, 0.5) is 102 Å². The van der Waals surface area contributed by atoms with Gasteiger partial charge in [-0.3, -0.25) is 19.9 Å². The predicted molar refractivity (Wildman–Crippen MR) is 457 cm³/mol. The van der Waals surface area contributed by atoms with E-state index in [1.54, 1.807) is 0 Å². The molecule has 0 N–H and O–H groups in total. The largest absolute Gasteiger partial charge is 0.311 e. The van der Waals surface area contributed by atoms with E-state index in [4.69, 9.17) is 19.9 Å². The van der Waals surface area contributed by atoms with E-state index in [0.717, 1.165) is 158 Å². The van der Waals surface area contributed by atoms with Gasteiger partial charge in [0, 0.05) is 115 Å². The molecule has 10 nitrogen and oxygen atoms in total. The van der Waals surface area contributed by atoms with E-state index in [1.165, 1.54) is 21.9 Å². The number of fused-ring (bicyclic) bond motifs is 8. The molecule has 4 aromatic heterocycles. The molecule has 13 aromatic carbocycles. The van der Waals surface area contributed by atoms with E-state index in [2.05, 4.69) is 381 Å². The van der Waals surface area contributed by atoms with Crippen LogP contribution in [-0.4, -0.2) is 33.4 Å². The van der Waals surface area contributed by atoms with Gasteiger partial charge < -0.3 is 29.4 Å². The van der Waals surface area contributed by atoms with E-state index < -0.39 is 0 Å². The highest BCUT2D eigenvalue weighted by Gasteiger charge is 2.50. The zero-order chi connectivity index (χ0) is 72.6. The van der Waals surface area contributed by atoms with Crippen LogP contribution in [0.3, 0.4) is 0 Å². The number of nitrogens with zero attached hydrogens (tertiary/aromatic N) is 10. The molecular weight excluding hydrogens is 1340 g/mol. The van der Waals surface area contributed by atoms with Gasteiger partial charge in [-0.2, -0.15) is 0 Å². The number of hydrogen-bond acceptors (Lipinski definition) is 10. The Hall–Kier alpha value is -14.6. The predicted octanol–water partition coefficient (Wildman–Crippen LogP) is 21.0. The molecule has 17 aromatic rings. The van der Waals surface area contributed by atoms with Crippen LogP contribution in [-0.2, 0) is 0 Å². The maximum Gasteiger partial charge on any atom is 0.252 e. The van der Waals surface area contributed by atoms with Crippen LogP contribution >= 0.6 is 0 Å². The summed E-state index contributed by atoms with van der Waals surface area (Å²) in [4.78, 5) is 35.6. The van der Waals surface area contributed by atoms with Crippen molar-refractivity contribution in [2.45, 2.75) is 0 Å². The third-order valence-electron chi connectivity index (χ3n) is 22.0. The van der Waals surface area contributed by atoms with Crippen LogP contribution in [0.1, 0.15) is 0 Å². The third kappa shape index (κ3) is 10.5. The minimum atomic E-state index is -0.337. The topological polar surface area (TPSA) is 71.0 Å². The summed E-state index contributed by atoms with van der Waals surface area (Å²) in [5, 5.41) is 0. The van der Waals surface area contributed by atoms with Crippen LogP contribution in [0.5, 0.6) is 0 Å². The Morgan fingerprint density at radius 1 is 0.200 bits per heavy atom.